The molecule has 26 heavy (non-hydrogen) atoms. The summed E-state index contributed by atoms with van der Waals surface area (Å²) in [5.74, 6) is -0.722. The van der Waals surface area contributed by atoms with Crippen LogP contribution in [0, 0.1) is 5.82 Å². The molecule has 2 aromatic heterocycles. The van der Waals surface area contributed by atoms with E-state index in [4.69, 9.17) is 0 Å². The third-order valence-electron chi connectivity index (χ3n) is 4.64. The molecule has 4 rings (SSSR count). The first-order chi connectivity index (χ1) is 12.4. The summed E-state index contributed by atoms with van der Waals surface area (Å²) in [5, 5.41) is 10.8. The zero-order chi connectivity index (χ0) is 18.3. The van der Waals surface area contributed by atoms with Gasteiger partial charge in [-0.05, 0) is 48.6 Å². The Morgan fingerprint density at radius 2 is 1.77 bits per heavy atom. The van der Waals surface area contributed by atoms with Crippen molar-refractivity contribution in [3.05, 3.63) is 53.6 Å². The number of hydrogen-bond acceptors (Lipinski definition) is 4. The Morgan fingerprint density at radius 1 is 1.00 bits per heavy atom. The van der Waals surface area contributed by atoms with Gasteiger partial charge in [-0.3, -0.25) is 0 Å². The minimum atomic E-state index is -4.62. The SMILES string of the molecule is Fc1cccc(C2CCN(c3ccc4nnc(C(F)(F)F)n4n3)CC2)c1. The summed E-state index contributed by atoms with van der Waals surface area (Å²) >= 11 is 0. The molecule has 0 atom stereocenters. The lowest BCUT2D eigenvalue weighted by molar-refractivity contribution is -0.146. The molecule has 1 fully saturated rings. The van der Waals surface area contributed by atoms with Gasteiger partial charge in [0, 0.05) is 13.1 Å². The van der Waals surface area contributed by atoms with Gasteiger partial charge >= 0.3 is 6.18 Å². The molecule has 0 unspecified atom stereocenters. The number of benzene rings is 1. The second-order valence-electron chi connectivity index (χ2n) is 6.30. The Hall–Kier alpha value is -2.71. The minimum absolute atomic E-state index is 0.0516. The third-order valence-corrected chi connectivity index (χ3v) is 4.64. The van der Waals surface area contributed by atoms with Crippen LogP contribution >= 0.6 is 0 Å². The Morgan fingerprint density at radius 3 is 2.46 bits per heavy atom. The first kappa shape index (κ1) is 16.7. The molecule has 1 aliphatic rings. The lowest BCUT2D eigenvalue weighted by Gasteiger charge is -2.33. The van der Waals surface area contributed by atoms with E-state index in [1.54, 1.807) is 12.1 Å². The maximum Gasteiger partial charge on any atom is 0.453 e. The fourth-order valence-corrected chi connectivity index (χ4v) is 3.33. The van der Waals surface area contributed by atoms with Crippen molar-refractivity contribution in [2.24, 2.45) is 0 Å². The van der Waals surface area contributed by atoms with E-state index in [2.05, 4.69) is 15.3 Å². The highest BCUT2D eigenvalue weighted by Crippen LogP contribution is 2.31. The predicted octanol–water partition coefficient (Wildman–Crippen LogP) is 3.67. The van der Waals surface area contributed by atoms with Gasteiger partial charge in [0.05, 0.1) is 0 Å². The van der Waals surface area contributed by atoms with Gasteiger partial charge in [-0.1, -0.05) is 12.1 Å². The maximum absolute atomic E-state index is 13.4. The van der Waals surface area contributed by atoms with Gasteiger partial charge in [0.25, 0.3) is 5.82 Å². The number of anilines is 1. The number of hydrogen-bond donors (Lipinski definition) is 0. The maximum atomic E-state index is 13.4. The van der Waals surface area contributed by atoms with Crippen molar-refractivity contribution >= 4 is 11.5 Å². The van der Waals surface area contributed by atoms with Crippen LogP contribution in [-0.4, -0.2) is 32.9 Å². The van der Waals surface area contributed by atoms with Crippen molar-refractivity contribution in [3.8, 4) is 0 Å². The molecule has 0 aliphatic carbocycles. The summed E-state index contributed by atoms with van der Waals surface area (Å²) in [5.41, 5.74) is 1.00. The monoisotopic (exact) mass is 365 g/mol. The van der Waals surface area contributed by atoms with Gasteiger partial charge in [0.2, 0.25) is 0 Å². The number of piperidine rings is 1. The Kier molecular flexibility index (Phi) is 4.01. The smallest absolute Gasteiger partial charge is 0.355 e. The van der Waals surface area contributed by atoms with E-state index in [0.29, 0.717) is 18.9 Å². The van der Waals surface area contributed by atoms with Crippen molar-refractivity contribution in [1.82, 2.24) is 19.8 Å². The highest BCUT2D eigenvalue weighted by molar-refractivity contribution is 5.46. The van der Waals surface area contributed by atoms with E-state index >= 15 is 0 Å². The Labute approximate surface area is 146 Å². The summed E-state index contributed by atoms with van der Waals surface area (Å²) in [6, 6.07) is 9.67. The Balaban J connectivity index is 1.54. The highest BCUT2D eigenvalue weighted by Gasteiger charge is 2.37. The Bertz CT molecular complexity index is 928. The second-order valence-corrected chi connectivity index (χ2v) is 6.30. The fourth-order valence-electron chi connectivity index (χ4n) is 3.33. The predicted molar refractivity (Wildman–Crippen MR) is 86.4 cm³/mol. The van der Waals surface area contributed by atoms with E-state index in [1.807, 2.05) is 11.0 Å². The van der Waals surface area contributed by atoms with Gasteiger partial charge in [-0.25, -0.2) is 4.39 Å². The van der Waals surface area contributed by atoms with Gasteiger partial charge < -0.3 is 4.90 Å². The van der Waals surface area contributed by atoms with Crippen LogP contribution in [0.2, 0.25) is 0 Å². The number of nitrogens with zero attached hydrogens (tertiary/aromatic N) is 5. The zero-order valence-electron chi connectivity index (χ0n) is 13.6. The zero-order valence-corrected chi connectivity index (χ0v) is 13.6. The first-order valence-corrected chi connectivity index (χ1v) is 8.22. The second kappa shape index (κ2) is 6.22. The van der Waals surface area contributed by atoms with E-state index in [9.17, 15) is 17.6 Å². The van der Waals surface area contributed by atoms with Crippen LogP contribution in [0.15, 0.2) is 36.4 Å². The lowest BCUT2D eigenvalue weighted by atomic mass is 9.89. The van der Waals surface area contributed by atoms with Gasteiger partial charge in [0.1, 0.15) is 11.6 Å². The number of halogens is 4. The standard InChI is InChI=1S/C17H15F4N5/c18-13-3-1-2-12(10-13)11-6-8-25(9-7-11)15-5-4-14-22-23-16(17(19,20)21)26(14)24-15/h1-5,10-11H,6-9H2. The van der Waals surface area contributed by atoms with Crippen molar-refractivity contribution < 1.29 is 17.6 Å². The molecule has 0 radical (unpaired) electrons. The van der Waals surface area contributed by atoms with Crippen molar-refractivity contribution in [2.45, 2.75) is 24.9 Å². The summed E-state index contributed by atoms with van der Waals surface area (Å²) in [4.78, 5) is 1.93. The van der Waals surface area contributed by atoms with Crippen LogP contribution < -0.4 is 4.90 Å². The minimum Gasteiger partial charge on any atom is -0.355 e. The molecule has 9 heteroatoms. The molecular weight excluding hydrogens is 350 g/mol. The lowest BCUT2D eigenvalue weighted by Crippen LogP contribution is -2.34. The van der Waals surface area contributed by atoms with Crippen molar-refractivity contribution in [3.63, 3.8) is 0 Å². The quantitative estimate of drug-likeness (QED) is 0.650. The van der Waals surface area contributed by atoms with Crippen LogP contribution in [0.1, 0.15) is 30.1 Å². The molecular formula is C17H15F4N5. The molecule has 1 aromatic carbocycles. The van der Waals surface area contributed by atoms with E-state index < -0.39 is 12.0 Å². The molecule has 0 amide bonds. The fraction of sp³-hybridized carbons (Fsp3) is 0.353. The van der Waals surface area contributed by atoms with E-state index in [1.165, 1.54) is 18.2 Å². The number of aromatic nitrogens is 4. The molecule has 136 valence electrons. The molecule has 0 N–H and O–H groups in total. The van der Waals surface area contributed by atoms with Crippen LogP contribution in [0.4, 0.5) is 23.4 Å². The number of rotatable bonds is 2. The molecule has 5 nitrogen and oxygen atoms in total. The van der Waals surface area contributed by atoms with E-state index in [-0.39, 0.29) is 17.4 Å². The number of alkyl halides is 3. The highest BCUT2D eigenvalue weighted by atomic mass is 19.4. The van der Waals surface area contributed by atoms with Crippen LogP contribution in [0.3, 0.4) is 0 Å². The van der Waals surface area contributed by atoms with Crippen LogP contribution in [-0.2, 0) is 6.18 Å². The van der Waals surface area contributed by atoms with Gasteiger partial charge in [-0.15, -0.1) is 15.3 Å². The average molecular weight is 365 g/mol. The molecule has 3 aromatic rings. The van der Waals surface area contributed by atoms with E-state index in [0.717, 1.165) is 22.9 Å². The van der Waals surface area contributed by atoms with Crippen molar-refractivity contribution in [2.75, 3.05) is 18.0 Å². The largest absolute Gasteiger partial charge is 0.453 e. The summed E-state index contributed by atoms with van der Waals surface area (Å²) in [6.07, 6.45) is -3.07. The summed E-state index contributed by atoms with van der Waals surface area (Å²) in [7, 11) is 0. The van der Waals surface area contributed by atoms with Crippen molar-refractivity contribution in [1.29, 1.82) is 0 Å². The molecule has 0 saturated carbocycles. The van der Waals surface area contributed by atoms with Gasteiger partial charge in [0.15, 0.2) is 5.65 Å². The molecule has 1 aliphatic heterocycles. The topological polar surface area (TPSA) is 46.3 Å². The van der Waals surface area contributed by atoms with Crippen LogP contribution in [0.5, 0.6) is 0 Å². The number of fused-ring (bicyclic) bond motifs is 1. The normalized spacial score (nSPS) is 16.4. The van der Waals surface area contributed by atoms with Crippen LogP contribution in [0.25, 0.3) is 5.65 Å². The van der Waals surface area contributed by atoms with Gasteiger partial charge in [-0.2, -0.15) is 17.7 Å². The molecule has 0 spiro atoms. The third kappa shape index (κ3) is 3.09. The summed E-state index contributed by atoms with van der Waals surface area (Å²) < 4.78 is 53.1. The summed E-state index contributed by atoms with van der Waals surface area (Å²) in [6.45, 7) is 1.26. The first-order valence-electron chi connectivity index (χ1n) is 8.22. The average Bonchev–Trinajstić information content (AvgIpc) is 3.05. The molecule has 1 saturated heterocycles. The molecule has 3 heterocycles. The molecule has 0 bridgehead atoms.